The van der Waals surface area contributed by atoms with Crippen LogP contribution in [-0.2, 0) is 4.74 Å². The normalized spacial score (nSPS) is 30.6. The summed E-state index contributed by atoms with van der Waals surface area (Å²) < 4.78 is 5.41. The van der Waals surface area contributed by atoms with Crippen molar-refractivity contribution in [1.82, 2.24) is 4.90 Å². The average Bonchev–Trinajstić information content (AvgIpc) is 2.06. The minimum atomic E-state index is -0.689. The van der Waals surface area contributed by atoms with Gasteiger partial charge >= 0.3 is 0 Å². The van der Waals surface area contributed by atoms with Crippen molar-refractivity contribution in [3.8, 4) is 0 Å². The summed E-state index contributed by atoms with van der Waals surface area (Å²) >= 11 is 0. The summed E-state index contributed by atoms with van der Waals surface area (Å²) in [5.74, 6) is 0. The molecule has 0 aromatic heterocycles. The van der Waals surface area contributed by atoms with Crippen LogP contribution in [0.4, 0.5) is 0 Å². The van der Waals surface area contributed by atoms with Crippen molar-refractivity contribution >= 4 is 0 Å². The largest absolute Gasteiger partial charge is 0.394 e. The molecule has 1 rings (SSSR count). The second kappa shape index (κ2) is 4.57. The van der Waals surface area contributed by atoms with Gasteiger partial charge in [-0.25, -0.2) is 0 Å². The zero-order chi connectivity index (χ0) is 10.8. The Labute approximate surface area is 85.5 Å². The molecule has 0 saturated carbocycles. The summed E-state index contributed by atoms with van der Waals surface area (Å²) in [7, 11) is 0. The maximum Gasteiger partial charge on any atom is 0.0933 e. The van der Waals surface area contributed by atoms with Gasteiger partial charge in [-0.05, 0) is 20.8 Å². The molecule has 1 fully saturated rings. The maximum atomic E-state index is 9.70. The first-order chi connectivity index (χ1) is 6.42. The van der Waals surface area contributed by atoms with E-state index in [1.54, 1.807) is 13.8 Å². The van der Waals surface area contributed by atoms with Gasteiger partial charge in [0.2, 0.25) is 0 Å². The van der Waals surface area contributed by atoms with Crippen molar-refractivity contribution < 1.29 is 14.9 Å². The third-order valence-electron chi connectivity index (χ3n) is 2.43. The molecule has 0 bridgehead atoms. The number of morpholine rings is 1. The zero-order valence-corrected chi connectivity index (χ0v) is 9.23. The summed E-state index contributed by atoms with van der Waals surface area (Å²) in [5, 5.41) is 18.7. The highest BCUT2D eigenvalue weighted by molar-refractivity contribution is 4.81. The quantitative estimate of drug-likeness (QED) is 0.669. The Bertz CT molecular complexity index is 179. The Morgan fingerprint density at radius 3 is 2.64 bits per heavy atom. The van der Waals surface area contributed by atoms with Crippen molar-refractivity contribution in [2.75, 3.05) is 26.3 Å². The van der Waals surface area contributed by atoms with Gasteiger partial charge in [0, 0.05) is 19.1 Å². The molecule has 1 aliphatic rings. The third-order valence-corrected chi connectivity index (χ3v) is 2.43. The number of rotatable bonds is 3. The number of nitrogens with zero attached hydrogens (tertiary/aromatic N) is 1. The van der Waals surface area contributed by atoms with Gasteiger partial charge in [-0.15, -0.1) is 0 Å². The molecule has 2 unspecified atom stereocenters. The summed E-state index contributed by atoms with van der Waals surface area (Å²) in [6.07, 6.45) is -0.103. The Morgan fingerprint density at radius 1 is 1.50 bits per heavy atom. The average molecular weight is 203 g/mol. The predicted molar refractivity (Wildman–Crippen MR) is 54.2 cm³/mol. The van der Waals surface area contributed by atoms with Gasteiger partial charge in [-0.2, -0.15) is 0 Å². The second-order valence-electron chi connectivity index (χ2n) is 4.73. The number of aliphatic hydroxyl groups is 2. The fourth-order valence-corrected chi connectivity index (χ4v) is 1.70. The van der Waals surface area contributed by atoms with Crippen molar-refractivity contribution in [2.45, 2.75) is 38.5 Å². The molecule has 0 aliphatic carbocycles. The van der Waals surface area contributed by atoms with Gasteiger partial charge in [0.25, 0.3) is 0 Å². The van der Waals surface area contributed by atoms with E-state index in [0.29, 0.717) is 25.7 Å². The van der Waals surface area contributed by atoms with E-state index in [1.807, 2.05) is 0 Å². The molecule has 0 aromatic rings. The highest BCUT2D eigenvalue weighted by Gasteiger charge is 2.29. The first-order valence-electron chi connectivity index (χ1n) is 5.11. The first-order valence-corrected chi connectivity index (χ1v) is 5.11. The number of aliphatic hydroxyl groups excluding tert-OH is 1. The zero-order valence-electron chi connectivity index (χ0n) is 9.23. The van der Waals surface area contributed by atoms with E-state index in [9.17, 15) is 5.11 Å². The lowest BCUT2D eigenvalue weighted by atomic mass is 10.1. The Balaban J connectivity index is 2.48. The fraction of sp³-hybridized carbons (Fsp3) is 1.00. The van der Waals surface area contributed by atoms with Gasteiger partial charge in [-0.1, -0.05) is 0 Å². The smallest absolute Gasteiger partial charge is 0.0933 e. The van der Waals surface area contributed by atoms with Crippen molar-refractivity contribution in [2.24, 2.45) is 0 Å². The number of hydrogen-bond acceptors (Lipinski definition) is 4. The van der Waals surface area contributed by atoms with E-state index in [4.69, 9.17) is 9.84 Å². The minimum Gasteiger partial charge on any atom is -0.394 e. The Hall–Kier alpha value is -0.160. The molecule has 0 aromatic carbocycles. The number of hydrogen-bond donors (Lipinski definition) is 2. The van der Waals surface area contributed by atoms with E-state index in [-0.39, 0.29) is 12.7 Å². The van der Waals surface area contributed by atoms with Crippen LogP contribution in [0.5, 0.6) is 0 Å². The fourth-order valence-electron chi connectivity index (χ4n) is 1.70. The van der Waals surface area contributed by atoms with E-state index in [1.165, 1.54) is 0 Å². The van der Waals surface area contributed by atoms with E-state index < -0.39 is 5.60 Å². The highest BCUT2D eigenvalue weighted by Crippen LogP contribution is 2.15. The molecule has 2 N–H and O–H groups in total. The van der Waals surface area contributed by atoms with Crippen LogP contribution in [0.25, 0.3) is 0 Å². The molecular weight excluding hydrogens is 182 g/mol. The lowest BCUT2D eigenvalue weighted by molar-refractivity contribution is -0.0962. The van der Waals surface area contributed by atoms with Gasteiger partial charge in [-0.3, -0.25) is 4.90 Å². The van der Waals surface area contributed by atoms with Crippen LogP contribution in [0.15, 0.2) is 0 Å². The summed E-state index contributed by atoms with van der Waals surface area (Å²) in [5.41, 5.74) is -0.689. The third kappa shape index (κ3) is 3.53. The van der Waals surface area contributed by atoms with Gasteiger partial charge < -0.3 is 14.9 Å². The standard InChI is InChI=1S/C10H21NO3/c1-8-6-14-9(5-12)4-11(8)7-10(2,3)13/h8-9,12-13H,4-7H2,1-3H3. The molecule has 0 spiro atoms. The molecule has 0 radical (unpaired) electrons. The molecule has 1 aliphatic heterocycles. The van der Waals surface area contributed by atoms with Crippen LogP contribution >= 0.6 is 0 Å². The van der Waals surface area contributed by atoms with Crippen molar-refractivity contribution in [3.05, 3.63) is 0 Å². The second-order valence-corrected chi connectivity index (χ2v) is 4.73. The van der Waals surface area contributed by atoms with Crippen molar-refractivity contribution in [1.29, 1.82) is 0 Å². The van der Waals surface area contributed by atoms with Crippen LogP contribution in [0.1, 0.15) is 20.8 Å². The molecule has 1 saturated heterocycles. The van der Waals surface area contributed by atoms with Crippen LogP contribution in [0.3, 0.4) is 0 Å². The van der Waals surface area contributed by atoms with Crippen LogP contribution in [0, 0.1) is 0 Å². The van der Waals surface area contributed by atoms with E-state index >= 15 is 0 Å². The van der Waals surface area contributed by atoms with Crippen molar-refractivity contribution in [3.63, 3.8) is 0 Å². The monoisotopic (exact) mass is 203 g/mol. The molecule has 2 atom stereocenters. The lowest BCUT2D eigenvalue weighted by Gasteiger charge is -2.40. The minimum absolute atomic E-state index is 0.0507. The molecule has 84 valence electrons. The number of ether oxygens (including phenoxy) is 1. The topological polar surface area (TPSA) is 52.9 Å². The summed E-state index contributed by atoms with van der Waals surface area (Å²) in [4.78, 5) is 2.16. The van der Waals surface area contributed by atoms with Gasteiger partial charge in [0.05, 0.1) is 24.9 Å². The van der Waals surface area contributed by atoms with Crippen LogP contribution < -0.4 is 0 Å². The van der Waals surface area contributed by atoms with Gasteiger partial charge in [0.1, 0.15) is 0 Å². The molecule has 1 heterocycles. The molecule has 0 amide bonds. The lowest BCUT2D eigenvalue weighted by Crippen LogP contribution is -2.53. The van der Waals surface area contributed by atoms with E-state index in [0.717, 1.165) is 0 Å². The molecule has 4 nitrogen and oxygen atoms in total. The Kier molecular flexibility index (Phi) is 3.89. The van der Waals surface area contributed by atoms with Gasteiger partial charge in [0.15, 0.2) is 0 Å². The Morgan fingerprint density at radius 2 is 2.14 bits per heavy atom. The number of β-amino-alcohol motifs (C(OH)–C–C–N with tert-alkyl or cyclic N) is 1. The predicted octanol–water partition coefficient (Wildman–Crippen LogP) is -0.161. The van der Waals surface area contributed by atoms with Crippen LogP contribution in [0.2, 0.25) is 0 Å². The molecule has 14 heavy (non-hydrogen) atoms. The summed E-state index contributed by atoms with van der Waals surface area (Å²) in [6.45, 7) is 7.65. The van der Waals surface area contributed by atoms with E-state index in [2.05, 4.69) is 11.8 Å². The SMILES string of the molecule is CC1COC(CO)CN1CC(C)(C)O. The highest BCUT2D eigenvalue weighted by atomic mass is 16.5. The maximum absolute atomic E-state index is 9.70. The summed E-state index contributed by atoms with van der Waals surface area (Å²) in [6, 6.07) is 0.309. The first kappa shape index (κ1) is 11.9. The molecule has 4 heteroatoms. The van der Waals surface area contributed by atoms with Crippen LogP contribution in [-0.4, -0.2) is 59.2 Å². The molecular formula is C10H21NO3.